The molecule has 1 aromatic rings. The van der Waals surface area contributed by atoms with Gasteiger partial charge in [-0.25, -0.2) is 0 Å². The first kappa shape index (κ1) is 16.0. The van der Waals surface area contributed by atoms with E-state index in [1.165, 1.54) is 32.1 Å². The monoisotopic (exact) mass is 264 g/mol. The van der Waals surface area contributed by atoms with Gasteiger partial charge in [0.25, 0.3) is 0 Å². The fourth-order valence-electron chi connectivity index (χ4n) is 2.11. The van der Waals surface area contributed by atoms with Crippen molar-refractivity contribution in [1.29, 1.82) is 0 Å². The molecule has 0 saturated heterocycles. The second kappa shape index (κ2) is 9.79. The minimum Gasteiger partial charge on any atom is -0.492 e. The molecule has 0 aliphatic heterocycles. The minimum atomic E-state index is 0.615. The highest BCUT2D eigenvalue weighted by Crippen LogP contribution is 2.18. The molecule has 0 aliphatic rings. The lowest BCUT2D eigenvalue weighted by Crippen LogP contribution is -2.08. The van der Waals surface area contributed by atoms with Crippen molar-refractivity contribution in [1.82, 2.24) is 4.98 Å². The highest BCUT2D eigenvalue weighted by Gasteiger charge is 2.05. The topological polar surface area (TPSA) is 48.1 Å². The number of rotatable bonds is 10. The van der Waals surface area contributed by atoms with Crippen molar-refractivity contribution in [2.45, 2.75) is 58.8 Å². The Morgan fingerprint density at radius 1 is 1.11 bits per heavy atom. The van der Waals surface area contributed by atoms with Crippen molar-refractivity contribution < 1.29 is 4.74 Å². The molecule has 3 nitrogen and oxygen atoms in total. The molecule has 0 fully saturated rings. The van der Waals surface area contributed by atoms with Gasteiger partial charge in [0.15, 0.2) is 0 Å². The summed E-state index contributed by atoms with van der Waals surface area (Å²) in [5.74, 6) is 0.907. The molecule has 1 heterocycles. The van der Waals surface area contributed by atoms with Crippen molar-refractivity contribution >= 4 is 0 Å². The van der Waals surface area contributed by atoms with E-state index >= 15 is 0 Å². The summed E-state index contributed by atoms with van der Waals surface area (Å²) >= 11 is 0. The molecule has 0 aliphatic carbocycles. The molecule has 0 aromatic carbocycles. The van der Waals surface area contributed by atoms with Crippen LogP contribution in [-0.4, -0.2) is 18.1 Å². The van der Waals surface area contributed by atoms with Gasteiger partial charge in [0.2, 0.25) is 0 Å². The van der Waals surface area contributed by atoms with Crippen LogP contribution in [0, 0.1) is 6.92 Å². The van der Waals surface area contributed by atoms with Crippen LogP contribution >= 0.6 is 0 Å². The second-order valence-electron chi connectivity index (χ2n) is 5.05. The Hall–Kier alpha value is -1.09. The summed E-state index contributed by atoms with van der Waals surface area (Å²) in [4.78, 5) is 4.50. The van der Waals surface area contributed by atoms with Gasteiger partial charge >= 0.3 is 0 Å². The summed E-state index contributed by atoms with van der Waals surface area (Å²) in [6.07, 6.45) is 8.48. The summed E-state index contributed by atoms with van der Waals surface area (Å²) < 4.78 is 5.83. The molecule has 0 atom stereocenters. The molecule has 1 aromatic heterocycles. The van der Waals surface area contributed by atoms with Gasteiger partial charge in [-0.1, -0.05) is 39.0 Å². The Balaban J connectivity index is 2.28. The zero-order chi connectivity index (χ0) is 13.9. The van der Waals surface area contributed by atoms with Crippen LogP contribution in [0.15, 0.2) is 12.1 Å². The van der Waals surface area contributed by atoms with Crippen LogP contribution in [0.2, 0.25) is 0 Å². The quantitative estimate of drug-likeness (QED) is 0.656. The number of nitrogens with zero attached hydrogens (tertiary/aromatic N) is 1. The van der Waals surface area contributed by atoms with E-state index in [1.54, 1.807) is 0 Å². The minimum absolute atomic E-state index is 0.615. The standard InChI is InChI=1S/C16H28N2O/c1-3-4-5-6-7-8-13-19-16-10-9-14(2)18-15(16)11-12-17/h9-10H,3-8,11-13,17H2,1-2H3. The number of unbranched alkanes of at least 4 members (excludes halogenated alkanes) is 5. The number of ether oxygens (including phenoxy) is 1. The first-order chi connectivity index (χ1) is 9.27. The number of hydrogen-bond donors (Lipinski definition) is 1. The molecule has 0 unspecified atom stereocenters. The second-order valence-corrected chi connectivity index (χ2v) is 5.05. The van der Waals surface area contributed by atoms with Gasteiger partial charge in [-0.2, -0.15) is 0 Å². The molecular formula is C16H28N2O. The van der Waals surface area contributed by atoms with Crippen LogP contribution < -0.4 is 10.5 Å². The lowest BCUT2D eigenvalue weighted by atomic mass is 10.1. The van der Waals surface area contributed by atoms with Gasteiger partial charge in [0, 0.05) is 12.1 Å². The summed E-state index contributed by atoms with van der Waals surface area (Å²) in [6.45, 7) is 5.64. The summed E-state index contributed by atoms with van der Waals surface area (Å²) in [5, 5.41) is 0. The molecule has 1 rings (SSSR count). The summed E-state index contributed by atoms with van der Waals surface area (Å²) in [7, 11) is 0. The van der Waals surface area contributed by atoms with Gasteiger partial charge in [0.05, 0.1) is 12.3 Å². The Morgan fingerprint density at radius 2 is 1.84 bits per heavy atom. The van der Waals surface area contributed by atoms with Crippen molar-refractivity contribution in [3.8, 4) is 5.75 Å². The van der Waals surface area contributed by atoms with E-state index in [9.17, 15) is 0 Å². The maximum atomic E-state index is 5.83. The van der Waals surface area contributed by atoms with Crippen molar-refractivity contribution in [3.05, 3.63) is 23.5 Å². The Bertz CT molecular complexity index is 353. The molecule has 108 valence electrons. The van der Waals surface area contributed by atoms with E-state index in [-0.39, 0.29) is 0 Å². The summed E-state index contributed by atoms with van der Waals surface area (Å²) in [6, 6.07) is 4.01. The predicted molar refractivity (Wildman–Crippen MR) is 80.6 cm³/mol. The van der Waals surface area contributed by atoms with Gasteiger partial charge in [0.1, 0.15) is 5.75 Å². The number of nitrogens with two attached hydrogens (primary N) is 1. The maximum absolute atomic E-state index is 5.83. The average Bonchev–Trinajstić information content (AvgIpc) is 2.40. The van der Waals surface area contributed by atoms with Crippen LogP contribution in [0.25, 0.3) is 0 Å². The molecular weight excluding hydrogens is 236 g/mol. The van der Waals surface area contributed by atoms with Crippen molar-refractivity contribution in [2.24, 2.45) is 5.73 Å². The van der Waals surface area contributed by atoms with Crippen LogP contribution in [0.4, 0.5) is 0 Å². The molecule has 3 heteroatoms. The predicted octanol–water partition coefficient (Wildman–Crippen LogP) is 3.63. The molecule has 2 N–H and O–H groups in total. The molecule has 0 spiro atoms. The third kappa shape index (κ3) is 6.58. The third-order valence-electron chi connectivity index (χ3n) is 3.21. The van der Waals surface area contributed by atoms with Crippen molar-refractivity contribution in [3.63, 3.8) is 0 Å². The van der Waals surface area contributed by atoms with Crippen LogP contribution in [0.3, 0.4) is 0 Å². The number of hydrogen-bond acceptors (Lipinski definition) is 3. The number of aryl methyl sites for hydroxylation is 1. The maximum Gasteiger partial charge on any atom is 0.140 e. The SMILES string of the molecule is CCCCCCCCOc1ccc(C)nc1CCN. The van der Waals surface area contributed by atoms with Gasteiger partial charge in [-0.05, 0) is 32.0 Å². The zero-order valence-electron chi connectivity index (χ0n) is 12.5. The zero-order valence-corrected chi connectivity index (χ0v) is 12.5. The van der Waals surface area contributed by atoms with Gasteiger partial charge in [-0.3, -0.25) is 4.98 Å². The fraction of sp³-hybridized carbons (Fsp3) is 0.688. The Kier molecular flexibility index (Phi) is 8.23. The molecule has 0 radical (unpaired) electrons. The normalized spacial score (nSPS) is 10.7. The lowest BCUT2D eigenvalue weighted by Gasteiger charge is -2.11. The molecule has 19 heavy (non-hydrogen) atoms. The first-order valence-corrected chi connectivity index (χ1v) is 7.57. The largest absolute Gasteiger partial charge is 0.492 e. The van der Waals surface area contributed by atoms with E-state index in [0.29, 0.717) is 6.54 Å². The molecule has 0 bridgehead atoms. The van der Waals surface area contributed by atoms with Crippen LogP contribution in [0.1, 0.15) is 56.8 Å². The van der Waals surface area contributed by atoms with Crippen LogP contribution in [0.5, 0.6) is 5.75 Å². The van der Waals surface area contributed by atoms with Crippen molar-refractivity contribution in [2.75, 3.05) is 13.2 Å². The first-order valence-electron chi connectivity index (χ1n) is 7.57. The third-order valence-corrected chi connectivity index (χ3v) is 3.21. The highest BCUT2D eigenvalue weighted by atomic mass is 16.5. The van der Waals surface area contributed by atoms with E-state index in [1.807, 2.05) is 19.1 Å². The van der Waals surface area contributed by atoms with Gasteiger partial charge < -0.3 is 10.5 Å². The highest BCUT2D eigenvalue weighted by molar-refractivity contribution is 5.29. The average molecular weight is 264 g/mol. The summed E-state index contributed by atoms with van der Waals surface area (Å²) in [5.41, 5.74) is 7.62. The molecule has 0 amide bonds. The number of aromatic nitrogens is 1. The van der Waals surface area contributed by atoms with E-state index in [2.05, 4.69) is 11.9 Å². The van der Waals surface area contributed by atoms with E-state index < -0.39 is 0 Å². The number of pyridine rings is 1. The van der Waals surface area contributed by atoms with Crippen LogP contribution in [-0.2, 0) is 6.42 Å². The fourth-order valence-corrected chi connectivity index (χ4v) is 2.11. The molecule has 0 saturated carbocycles. The van der Waals surface area contributed by atoms with E-state index in [4.69, 9.17) is 10.5 Å². The lowest BCUT2D eigenvalue weighted by molar-refractivity contribution is 0.300. The Morgan fingerprint density at radius 3 is 2.58 bits per heavy atom. The van der Waals surface area contributed by atoms with E-state index in [0.717, 1.165) is 36.6 Å². The van der Waals surface area contributed by atoms with Gasteiger partial charge in [-0.15, -0.1) is 0 Å². The smallest absolute Gasteiger partial charge is 0.140 e. The Labute approximate surface area is 117 Å².